The summed E-state index contributed by atoms with van der Waals surface area (Å²) in [6.07, 6.45) is 9.99. The van der Waals surface area contributed by atoms with Gasteiger partial charge in [0, 0.05) is 5.25 Å². The fourth-order valence-electron chi connectivity index (χ4n) is 2.08. The third-order valence-electron chi connectivity index (χ3n) is 3.48. The van der Waals surface area contributed by atoms with Gasteiger partial charge >= 0.3 is 51.4 Å². The van der Waals surface area contributed by atoms with Crippen LogP contribution < -0.4 is 51.4 Å². The molecule has 0 bridgehead atoms. The molecule has 0 aromatic heterocycles. The van der Waals surface area contributed by atoms with Gasteiger partial charge in [0.2, 0.25) is 0 Å². The maximum Gasteiger partial charge on any atom is 1.00 e. The van der Waals surface area contributed by atoms with Gasteiger partial charge in [0.25, 0.3) is 0 Å². The smallest absolute Gasteiger partial charge is 0.748 e. The SMILES string of the molecule is CC(O)CCCCCCCCCCC(C)S(=O)(=O)[O-].[K+]. The molecule has 2 atom stereocenters. The Morgan fingerprint density at radius 2 is 1.20 bits per heavy atom. The molecule has 0 aliphatic carbocycles. The van der Waals surface area contributed by atoms with E-state index in [1.165, 1.54) is 32.6 Å². The zero-order valence-corrected chi connectivity index (χ0v) is 17.2. The summed E-state index contributed by atoms with van der Waals surface area (Å²) < 4.78 is 32.0. The first-order valence-corrected chi connectivity index (χ1v) is 8.94. The second-order valence-corrected chi connectivity index (χ2v) is 7.35. The van der Waals surface area contributed by atoms with Crippen LogP contribution >= 0.6 is 0 Å². The van der Waals surface area contributed by atoms with E-state index in [2.05, 4.69) is 0 Å². The molecule has 0 amide bonds. The van der Waals surface area contributed by atoms with Crippen molar-refractivity contribution in [1.29, 1.82) is 0 Å². The molecule has 0 radical (unpaired) electrons. The molecule has 116 valence electrons. The third-order valence-corrected chi connectivity index (χ3v) is 4.70. The minimum Gasteiger partial charge on any atom is -0.748 e. The Balaban J connectivity index is 0. The number of unbranched alkanes of at least 4 members (excludes halogenated alkanes) is 7. The number of hydrogen-bond acceptors (Lipinski definition) is 4. The summed E-state index contributed by atoms with van der Waals surface area (Å²) in [5, 5.41) is 8.35. The first kappa shape index (κ1) is 23.8. The Morgan fingerprint density at radius 3 is 1.55 bits per heavy atom. The molecule has 20 heavy (non-hydrogen) atoms. The van der Waals surface area contributed by atoms with E-state index in [9.17, 15) is 13.0 Å². The maximum atomic E-state index is 10.7. The molecule has 0 aromatic rings. The predicted molar refractivity (Wildman–Crippen MR) is 77.0 cm³/mol. The molecule has 0 heterocycles. The molecule has 0 aromatic carbocycles. The van der Waals surface area contributed by atoms with E-state index in [1.807, 2.05) is 6.92 Å². The second kappa shape index (κ2) is 14.1. The molecule has 0 spiro atoms. The Kier molecular flexibility index (Phi) is 16.8. The minimum atomic E-state index is -4.09. The van der Waals surface area contributed by atoms with Crippen molar-refractivity contribution < 1.29 is 69.5 Å². The normalized spacial score (nSPS) is 14.6. The Labute approximate surface area is 167 Å². The summed E-state index contributed by atoms with van der Waals surface area (Å²) in [7, 11) is -4.09. The van der Waals surface area contributed by atoms with Gasteiger partial charge in [-0.3, -0.25) is 0 Å². The van der Waals surface area contributed by atoms with Crippen LogP contribution in [0.5, 0.6) is 0 Å². The van der Waals surface area contributed by atoms with Crippen molar-refractivity contribution in [3.05, 3.63) is 0 Å². The van der Waals surface area contributed by atoms with Gasteiger partial charge in [-0.2, -0.15) is 0 Å². The van der Waals surface area contributed by atoms with Crippen molar-refractivity contribution in [2.24, 2.45) is 0 Å². The molecule has 0 saturated heterocycles. The van der Waals surface area contributed by atoms with E-state index in [0.717, 1.165) is 32.1 Å². The molecule has 0 aliphatic rings. The number of rotatable bonds is 12. The Morgan fingerprint density at radius 1 is 0.850 bits per heavy atom. The summed E-state index contributed by atoms with van der Waals surface area (Å²) >= 11 is 0. The zero-order chi connectivity index (χ0) is 14.7. The number of hydrogen-bond donors (Lipinski definition) is 1. The van der Waals surface area contributed by atoms with Crippen molar-refractivity contribution in [1.82, 2.24) is 0 Å². The van der Waals surface area contributed by atoms with Crippen LogP contribution in [0.15, 0.2) is 0 Å². The fraction of sp³-hybridized carbons (Fsp3) is 1.00. The summed E-state index contributed by atoms with van der Waals surface area (Å²) in [6.45, 7) is 3.31. The van der Waals surface area contributed by atoms with Crippen LogP contribution in [0, 0.1) is 0 Å². The standard InChI is InChI=1S/C14H30O4S.K/c1-13(15)11-9-7-5-3-4-6-8-10-12-14(2)19(16,17)18;/h13-15H,3-12H2,1-2H3,(H,16,17,18);/q;+1/p-1. The maximum absolute atomic E-state index is 10.7. The molecule has 0 saturated carbocycles. The average molecular weight is 333 g/mol. The first-order valence-electron chi connectivity index (χ1n) is 7.47. The van der Waals surface area contributed by atoms with E-state index < -0.39 is 15.4 Å². The van der Waals surface area contributed by atoms with Gasteiger partial charge in [-0.15, -0.1) is 0 Å². The van der Waals surface area contributed by atoms with Crippen molar-refractivity contribution >= 4 is 10.1 Å². The summed E-state index contributed by atoms with van der Waals surface area (Å²) in [4.78, 5) is 0. The van der Waals surface area contributed by atoms with E-state index in [1.54, 1.807) is 0 Å². The van der Waals surface area contributed by atoms with Crippen molar-refractivity contribution in [2.75, 3.05) is 0 Å². The summed E-state index contributed by atoms with van der Waals surface area (Å²) in [5.41, 5.74) is 0. The molecular weight excluding hydrogens is 303 g/mol. The summed E-state index contributed by atoms with van der Waals surface area (Å²) in [5.74, 6) is 0. The Hall–Kier alpha value is 1.51. The third kappa shape index (κ3) is 15.9. The quantitative estimate of drug-likeness (QED) is 0.315. The van der Waals surface area contributed by atoms with Crippen LogP contribution in [0.2, 0.25) is 0 Å². The molecule has 6 heteroatoms. The van der Waals surface area contributed by atoms with Crippen LogP contribution in [0.25, 0.3) is 0 Å². The van der Waals surface area contributed by atoms with E-state index >= 15 is 0 Å². The second-order valence-electron chi connectivity index (χ2n) is 5.56. The van der Waals surface area contributed by atoms with E-state index in [-0.39, 0.29) is 57.5 Å². The van der Waals surface area contributed by atoms with Crippen LogP contribution in [0.1, 0.15) is 78.1 Å². The molecule has 1 N–H and O–H groups in total. The van der Waals surface area contributed by atoms with Gasteiger partial charge < -0.3 is 9.66 Å². The van der Waals surface area contributed by atoms with Crippen LogP contribution in [0.3, 0.4) is 0 Å². The number of aliphatic hydroxyl groups excluding tert-OH is 1. The van der Waals surface area contributed by atoms with Crippen LogP contribution in [0.4, 0.5) is 0 Å². The van der Waals surface area contributed by atoms with Gasteiger partial charge in [-0.25, -0.2) is 8.42 Å². The summed E-state index contributed by atoms with van der Waals surface area (Å²) in [6, 6.07) is 0. The fourth-order valence-corrected chi connectivity index (χ4v) is 2.53. The largest absolute Gasteiger partial charge is 1.00 e. The molecular formula is C14H29KO4S. The van der Waals surface area contributed by atoms with Gasteiger partial charge in [-0.1, -0.05) is 51.4 Å². The minimum absolute atomic E-state index is 0. The zero-order valence-electron chi connectivity index (χ0n) is 13.3. The topological polar surface area (TPSA) is 77.4 Å². The number of aliphatic hydroxyl groups is 1. The molecule has 0 fully saturated rings. The Bertz CT molecular complexity index is 304. The first-order chi connectivity index (χ1) is 8.84. The predicted octanol–water partition coefficient (Wildman–Crippen LogP) is 0.206. The van der Waals surface area contributed by atoms with Gasteiger partial charge in [0.05, 0.1) is 16.2 Å². The van der Waals surface area contributed by atoms with Crippen molar-refractivity contribution in [3.8, 4) is 0 Å². The van der Waals surface area contributed by atoms with Gasteiger partial charge in [0.15, 0.2) is 0 Å². The van der Waals surface area contributed by atoms with Crippen LogP contribution in [-0.2, 0) is 10.1 Å². The van der Waals surface area contributed by atoms with E-state index in [4.69, 9.17) is 5.11 Å². The van der Waals surface area contributed by atoms with Gasteiger partial charge in [-0.05, 0) is 26.7 Å². The monoisotopic (exact) mass is 332 g/mol. The van der Waals surface area contributed by atoms with Crippen molar-refractivity contribution in [3.63, 3.8) is 0 Å². The molecule has 0 rings (SSSR count). The van der Waals surface area contributed by atoms with Crippen LogP contribution in [-0.4, -0.2) is 29.4 Å². The van der Waals surface area contributed by atoms with Crippen molar-refractivity contribution in [2.45, 2.75) is 89.4 Å². The van der Waals surface area contributed by atoms with E-state index in [0.29, 0.717) is 6.42 Å². The molecule has 4 nitrogen and oxygen atoms in total. The molecule has 0 aliphatic heterocycles. The van der Waals surface area contributed by atoms with Gasteiger partial charge in [0.1, 0.15) is 0 Å². The molecule has 2 unspecified atom stereocenters. The average Bonchev–Trinajstić information content (AvgIpc) is 2.29.